The Kier molecular flexibility index (Phi) is 5.64. The molecular weight excluding hydrogens is 316 g/mol. The first-order valence-corrected chi connectivity index (χ1v) is 8.29. The largest absolute Gasteiger partial charge is 0.338 e. The number of nitrogens with zero attached hydrogens (tertiary/aromatic N) is 2. The lowest BCUT2D eigenvalue weighted by Gasteiger charge is -2.10. The predicted octanol–water partition coefficient (Wildman–Crippen LogP) is 2.27. The Bertz CT molecular complexity index is 830. The van der Waals surface area contributed by atoms with Gasteiger partial charge in [0, 0.05) is 24.4 Å². The highest BCUT2D eigenvalue weighted by Gasteiger charge is 2.17. The van der Waals surface area contributed by atoms with Gasteiger partial charge >= 0.3 is 5.69 Å². The average molecular weight is 335 g/mol. The molecule has 2 aromatic rings. The number of carbonyl (C=O) groups excluding carboxylic acids is 1. The topological polar surface area (TPSA) is 61.1 Å². The molecule has 0 atom stereocenters. The second-order valence-electron chi connectivity index (χ2n) is 5.89. The molecule has 0 spiro atoms. The first kappa shape index (κ1) is 17.4. The molecule has 0 N–H and O–H groups in total. The average Bonchev–Trinajstić information content (AvgIpc) is 3.14. The molecule has 0 aliphatic heterocycles. The number of carbonyl (C=O) groups is 1. The minimum Gasteiger partial charge on any atom is -0.300 e. The Hall–Kier alpha value is -2.43. The van der Waals surface area contributed by atoms with Crippen LogP contribution in [-0.2, 0) is 6.54 Å². The van der Waals surface area contributed by atoms with E-state index in [2.05, 4.69) is 12.8 Å². The molecular formula is C20H19N2O3. The Morgan fingerprint density at radius 2 is 1.64 bits per heavy atom. The summed E-state index contributed by atoms with van der Waals surface area (Å²) in [5.41, 5.74) is -0.878. The lowest BCUT2D eigenvalue weighted by molar-refractivity contribution is 0.0948. The van der Waals surface area contributed by atoms with E-state index in [0.717, 1.165) is 19.3 Å². The van der Waals surface area contributed by atoms with Gasteiger partial charge in [-0.25, -0.2) is 4.79 Å². The first-order chi connectivity index (χ1) is 12.2. The summed E-state index contributed by atoms with van der Waals surface area (Å²) >= 11 is 0. The van der Waals surface area contributed by atoms with Crippen molar-refractivity contribution in [1.82, 2.24) is 9.13 Å². The standard InChI is InChI=1S/C20H19N2O3/c23-18-13-15-21(14-7-6-10-16-8-4-5-9-16)20(25)22(18)19(24)17-11-2-1-3-12-17/h1-5,8-9,11-13,15H,6-7,10,14H2. The zero-order valence-electron chi connectivity index (χ0n) is 13.8. The van der Waals surface area contributed by atoms with Gasteiger partial charge in [0.25, 0.3) is 11.5 Å². The highest BCUT2D eigenvalue weighted by Crippen LogP contribution is 2.27. The van der Waals surface area contributed by atoms with Crippen molar-refractivity contribution in [2.45, 2.75) is 25.8 Å². The van der Waals surface area contributed by atoms with Gasteiger partial charge in [-0.1, -0.05) is 24.6 Å². The fourth-order valence-corrected chi connectivity index (χ4v) is 2.77. The molecule has 0 saturated heterocycles. The van der Waals surface area contributed by atoms with Crippen LogP contribution in [0.25, 0.3) is 0 Å². The summed E-state index contributed by atoms with van der Waals surface area (Å²) in [7, 11) is 0. The van der Waals surface area contributed by atoms with Crippen LogP contribution < -0.4 is 11.2 Å². The molecule has 5 radical (unpaired) electrons. The fourth-order valence-electron chi connectivity index (χ4n) is 2.77. The SMILES string of the molecule is O=C(c1ccccc1)n1c(=O)ccn(CCCC[C]2[CH][CH][CH][CH]2)c1=O. The van der Waals surface area contributed by atoms with Crippen LogP contribution in [0.1, 0.15) is 29.6 Å². The summed E-state index contributed by atoms with van der Waals surface area (Å²) in [4.78, 5) is 37.0. The van der Waals surface area contributed by atoms with E-state index in [1.54, 1.807) is 30.3 Å². The van der Waals surface area contributed by atoms with Gasteiger partial charge in [0.15, 0.2) is 0 Å². The first-order valence-electron chi connectivity index (χ1n) is 8.29. The lowest BCUT2D eigenvalue weighted by Crippen LogP contribution is -2.43. The van der Waals surface area contributed by atoms with Crippen LogP contribution in [0.2, 0.25) is 0 Å². The third-order valence-corrected chi connectivity index (χ3v) is 4.12. The summed E-state index contributed by atoms with van der Waals surface area (Å²) in [6.07, 6.45) is 12.3. The zero-order chi connectivity index (χ0) is 17.6. The second-order valence-corrected chi connectivity index (χ2v) is 5.89. The van der Waals surface area contributed by atoms with Crippen LogP contribution in [0.15, 0.2) is 52.2 Å². The van der Waals surface area contributed by atoms with E-state index in [1.165, 1.54) is 22.7 Å². The summed E-state index contributed by atoms with van der Waals surface area (Å²) in [6, 6.07) is 9.61. The maximum absolute atomic E-state index is 12.5. The molecule has 1 fully saturated rings. The summed E-state index contributed by atoms with van der Waals surface area (Å²) in [5.74, 6) is 0.679. The van der Waals surface area contributed by atoms with Gasteiger partial charge in [-0.3, -0.25) is 9.59 Å². The highest BCUT2D eigenvalue weighted by molar-refractivity contribution is 5.95. The number of unbranched alkanes of at least 4 members (excludes halogenated alkanes) is 1. The maximum Gasteiger partial charge on any atom is 0.338 e. The molecule has 1 heterocycles. The fraction of sp³-hybridized carbons (Fsp3) is 0.200. The Morgan fingerprint density at radius 1 is 0.920 bits per heavy atom. The molecule has 25 heavy (non-hydrogen) atoms. The molecule has 1 aromatic carbocycles. The van der Waals surface area contributed by atoms with Crippen molar-refractivity contribution in [3.8, 4) is 0 Å². The van der Waals surface area contributed by atoms with Crippen LogP contribution in [0.4, 0.5) is 0 Å². The highest BCUT2D eigenvalue weighted by atomic mass is 16.2. The number of aromatic nitrogens is 2. The summed E-state index contributed by atoms with van der Waals surface area (Å²) in [6.45, 7) is 0.474. The molecule has 1 saturated carbocycles. The van der Waals surface area contributed by atoms with Gasteiger partial charge < -0.3 is 4.57 Å². The lowest BCUT2D eigenvalue weighted by atomic mass is 10.0. The van der Waals surface area contributed by atoms with Gasteiger partial charge in [-0.05, 0) is 56.6 Å². The minimum absolute atomic E-state index is 0.315. The van der Waals surface area contributed by atoms with E-state index in [4.69, 9.17) is 0 Å². The van der Waals surface area contributed by atoms with Crippen LogP contribution in [0.3, 0.4) is 0 Å². The molecule has 0 amide bonds. The molecule has 1 aliphatic carbocycles. The molecule has 5 heteroatoms. The van der Waals surface area contributed by atoms with E-state index >= 15 is 0 Å². The van der Waals surface area contributed by atoms with Crippen molar-refractivity contribution < 1.29 is 4.79 Å². The molecule has 1 aromatic heterocycles. The summed E-state index contributed by atoms with van der Waals surface area (Å²) < 4.78 is 2.12. The van der Waals surface area contributed by atoms with Gasteiger partial charge in [-0.15, -0.1) is 0 Å². The number of hydrogen-bond donors (Lipinski definition) is 0. The number of benzene rings is 1. The van der Waals surface area contributed by atoms with E-state index in [-0.39, 0.29) is 0 Å². The third kappa shape index (κ3) is 4.16. The van der Waals surface area contributed by atoms with Crippen LogP contribution in [0.5, 0.6) is 0 Å². The number of aryl methyl sites for hydroxylation is 1. The van der Waals surface area contributed by atoms with Gasteiger partial charge in [0.05, 0.1) is 0 Å². The van der Waals surface area contributed by atoms with Gasteiger partial charge in [0.1, 0.15) is 0 Å². The quantitative estimate of drug-likeness (QED) is 0.761. The van der Waals surface area contributed by atoms with Crippen LogP contribution >= 0.6 is 0 Å². The van der Waals surface area contributed by atoms with E-state index in [0.29, 0.717) is 16.7 Å². The van der Waals surface area contributed by atoms with Gasteiger partial charge in [0.2, 0.25) is 0 Å². The van der Waals surface area contributed by atoms with Crippen molar-refractivity contribution in [2.24, 2.45) is 0 Å². The van der Waals surface area contributed by atoms with E-state index in [1.807, 2.05) is 12.8 Å². The second kappa shape index (κ2) is 8.10. The Labute approximate surface area is 146 Å². The predicted molar refractivity (Wildman–Crippen MR) is 95.4 cm³/mol. The third-order valence-electron chi connectivity index (χ3n) is 4.12. The molecule has 127 valence electrons. The van der Waals surface area contributed by atoms with E-state index < -0.39 is 17.2 Å². The zero-order valence-corrected chi connectivity index (χ0v) is 13.8. The van der Waals surface area contributed by atoms with Crippen molar-refractivity contribution in [2.75, 3.05) is 0 Å². The smallest absolute Gasteiger partial charge is 0.300 e. The molecule has 0 unspecified atom stereocenters. The molecule has 5 nitrogen and oxygen atoms in total. The number of hydrogen-bond acceptors (Lipinski definition) is 3. The van der Waals surface area contributed by atoms with Crippen molar-refractivity contribution in [3.05, 3.63) is 101 Å². The summed E-state index contributed by atoms with van der Waals surface area (Å²) in [5, 5.41) is 0. The molecule has 1 aliphatic rings. The Balaban J connectivity index is 1.70. The maximum atomic E-state index is 12.5. The van der Waals surface area contributed by atoms with Crippen molar-refractivity contribution in [3.63, 3.8) is 0 Å². The number of rotatable bonds is 6. The van der Waals surface area contributed by atoms with Crippen LogP contribution in [0, 0.1) is 31.6 Å². The van der Waals surface area contributed by atoms with Crippen LogP contribution in [-0.4, -0.2) is 15.0 Å². The monoisotopic (exact) mass is 335 g/mol. The van der Waals surface area contributed by atoms with Crippen molar-refractivity contribution in [1.29, 1.82) is 0 Å². The Morgan fingerprint density at radius 3 is 2.36 bits per heavy atom. The molecule has 3 rings (SSSR count). The van der Waals surface area contributed by atoms with Crippen molar-refractivity contribution >= 4 is 5.91 Å². The molecule has 0 bridgehead atoms. The van der Waals surface area contributed by atoms with Gasteiger partial charge in [-0.2, -0.15) is 4.57 Å². The normalized spacial score (nSPS) is 14.7. The van der Waals surface area contributed by atoms with E-state index in [9.17, 15) is 14.4 Å². The minimum atomic E-state index is -0.605.